The molecule has 68 heavy (non-hydrogen) atoms. The van der Waals surface area contributed by atoms with Crippen LogP contribution >= 0.6 is 23.5 Å². The second-order valence-electron chi connectivity index (χ2n) is 16.0. The summed E-state index contributed by atoms with van der Waals surface area (Å²) in [4.78, 5) is 74.9. The van der Waals surface area contributed by atoms with E-state index < -0.39 is 109 Å². The Hall–Kier alpha value is -3.74. The summed E-state index contributed by atoms with van der Waals surface area (Å²) < 4.78 is 33.1. The van der Waals surface area contributed by atoms with Crippen molar-refractivity contribution >= 4 is 59.1 Å². The van der Waals surface area contributed by atoms with Gasteiger partial charge in [-0.3, -0.25) is 19.2 Å². The molecule has 386 valence electrons. The normalized spacial score (nSPS) is 26.6. The van der Waals surface area contributed by atoms with E-state index in [1.165, 1.54) is 61.6 Å². The average molecular weight is 1010 g/mol. The molecular weight excluding hydrogens is 941 g/mol. The second kappa shape index (κ2) is 28.8. The van der Waals surface area contributed by atoms with E-state index in [1.807, 2.05) is 0 Å². The van der Waals surface area contributed by atoms with E-state index in [-0.39, 0.29) is 38.1 Å². The topological polar surface area (TPSA) is 379 Å². The van der Waals surface area contributed by atoms with Crippen LogP contribution in [-0.4, -0.2) is 215 Å². The molecule has 2 aliphatic rings. The van der Waals surface area contributed by atoms with Crippen LogP contribution < -0.4 is 32.7 Å². The number of esters is 2. The number of rotatable bonds is 28. The molecule has 0 bridgehead atoms. The fourth-order valence-electron chi connectivity index (χ4n) is 7.36. The highest BCUT2D eigenvalue weighted by molar-refractivity contribution is 7.99. The number of hydrogen-bond acceptors (Lipinski definition) is 22. The van der Waals surface area contributed by atoms with E-state index >= 15 is 0 Å². The second-order valence-corrected chi connectivity index (χ2v) is 18.4. The van der Waals surface area contributed by atoms with Gasteiger partial charge in [-0.15, -0.1) is 0 Å². The molecule has 2 heterocycles. The lowest BCUT2D eigenvalue weighted by Crippen LogP contribution is -2.68. The molecule has 2 unspecified atom stereocenters. The Morgan fingerprint density at radius 3 is 1.32 bits per heavy atom. The van der Waals surface area contributed by atoms with Crippen molar-refractivity contribution in [2.75, 3.05) is 76.6 Å². The van der Waals surface area contributed by atoms with E-state index in [4.69, 9.17) is 39.9 Å². The van der Waals surface area contributed by atoms with Gasteiger partial charge in [0, 0.05) is 75.5 Å². The summed E-state index contributed by atoms with van der Waals surface area (Å²) in [5, 5.41) is 74.2. The van der Waals surface area contributed by atoms with E-state index in [0.29, 0.717) is 60.1 Å². The Balaban J connectivity index is 1.36. The predicted octanol–water partition coefficient (Wildman–Crippen LogP) is -4.17. The number of ether oxygens (including phenoxy) is 6. The summed E-state index contributed by atoms with van der Waals surface area (Å²) in [6.07, 6.45) is -12.3. The molecule has 12 atom stereocenters. The number of hydrogen-bond donors (Lipinski definition) is 12. The van der Waals surface area contributed by atoms with Gasteiger partial charge in [0.25, 0.3) is 23.4 Å². The van der Waals surface area contributed by atoms with Crippen molar-refractivity contribution in [2.45, 2.75) is 112 Å². The van der Waals surface area contributed by atoms with Gasteiger partial charge >= 0.3 is 11.9 Å². The number of aliphatic hydroxyl groups excluding tert-OH is 6. The van der Waals surface area contributed by atoms with Gasteiger partial charge in [-0.1, -0.05) is 0 Å². The molecule has 2 aliphatic heterocycles. The molecule has 1 aromatic carbocycles. The van der Waals surface area contributed by atoms with Crippen LogP contribution in [0.2, 0.25) is 0 Å². The maximum absolute atomic E-state index is 12.9. The summed E-state index contributed by atoms with van der Waals surface area (Å²) in [6.45, 7) is 2.23. The van der Waals surface area contributed by atoms with Crippen molar-refractivity contribution in [1.29, 1.82) is 0 Å². The fourth-order valence-corrected chi connectivity index (χ4v) is 8.91. The number of aliphatic hydroxyl groups is 6. The van der Waals surface area contributed by atoms with Crippen LogP contribution in [0.5, 0.6) is 0 Å². The SMILES string of the molecule is COC(=O)[C@@]1(OCCCSCCNC(=O)c2ccc(C(=O)NCCSCCCO[C@]3(C(=O)OC)C[C@H](O)[C@@H](NC(C)=O)C([C@H](O)[C@H](O)CN)O3)cc2)C[C@@H](O)[C@@H](NC(C)=O)C([C@H](O)[C@H](O)CN)O1. The number of nitrogens with two attached hydrogens (primary N) is 2. The molecule has 2 saturated heterocycles. The Morgan fingerprint density at radius 2 is 1.01 bits per heavy atom. The van der Waals surface area contributed by atoms with Crippen LogP contribution in [0.1, 0.15) is 60.2 Å². The van der Waals surface area contributed by atoms with Crippen LogP contribution in [0, 0.1) is 0 Å². The standard InChI is InChI=1S/C42H68N6O18S2/c1-23(49)47-31-27(51)19-41(39(59)61-3,65-35(31)33(55)29(53)21-43)63-13-5-15-67-17-11-45-37(57)25-7-9-26(10-8-25)38(58)46-12-18-68-16-6-14-64-42(40(60)62-4)20-28(52)32(48-24(2)50)36(66-42)34(56)30(54)22-44/h7-10,27-36,51-56H,5-6,11-22,43-44H2,1-4H3,(H,45,57)(H,46,58)(H,47,49)(H,48,50)/t27-,28+,29-,30-,31-,32-,33-,34-,35?,36?,41-,42-/m1/s1. The van der Waals surface area contributed by atoms with Gasteiger partial charge in [0.15, 0.2) is 0 Å². The van der Waals surface area contributed by atoms with Gasteiger partial charge in [0.05, 0.1) is 63.9 Å². The molecule has 1 aromatic rings. The molecule has 3 rings (SSSR count). The molecule has 2 fully saturated rings. The summed E-state index contributed by atoms with van der Waals surface area (Å²) >= 11 is 2.97. The molecule has 14 N–H and O–H groups in total. The highest BCUT2D eigenvalue weighted by Gasteiger charge is 2.57. The van der Waals surface area contributed by atoms with Gasteiger partial charge in [-0.2, -0.15) is 23.5 Å². The third-order valence-corrected chi connectivity index (χ3v) is 13.0. The maximum atomic E-state index is 12.9. The number of carbonyl (C=O) groups is 6. The van der Waals surface area contributed by atoms with Crippen LogP contribution in [0.3, 0.4) is 0 Å². The first-order chi connectivity index (χ1) is 32.3. The molecular formula is C42H68N6O18S2. The molecule has 0 aromatic heterocycles. The zero-order valence-electron chi connectivity index (χ0n) is 38.5. The number of amides is 4. The number of thioether (sulfide) groups is 2. The first kappa shape index (κ1) is 58.6. The van der Waals surface area contributed by atoms with E-state index in [9.17, 15) is 59.4 Å². The largest absolute Gasteiger partial charge is 0.465 e. The van der Waals surface area contributed by atoms with Crippen LogP contribution in [-0.2, 0) is 47.6 Å². The smallest absolute Gasteiger partial charge is 0.366 e. The molecule has 0 saturated carbocycles. The third kappa shape index (κ3) is 16.7. The summed E-state index contributed by atoms with van der Waals surface area (Å²) in [5.41, 5.74) is 11.7. The van der Waals surface area contributed by atoms with Crippen LogP contribution in [0.15, 0.2) is 24.3 Å². The van der Waals surface area contributed by atoms with Crippen LogP contribution in [0.4, 0.5) is 0 Å². The molecule has 0 aliphatic carbocycles. The molecule has 4 amide bonds. The number of nitrogens with one attached hydrogen (secondary N) is 4. The van der Waals surface area contributed by atoms with Crippen LogP contribution in [0.25, 0.3) is 0 Å². The Bertz CT molecular complexity index is 1670. The van der Waals surface area contributed by atoms with Crippen molar-refractivity contribution in [3.8, 4) is 0 Å². The monoisotopic (exact) mass is 1010 g/mol. The summed E-state index contributed by atoms with van der Waals surface area (Å²) in [7, 11) is 2.19. The first-order valence-corrected chi connectivity index (χ1v) is 24.3. The Labute approximate surface area is 402 Å². The van der Waals surface area contributed by atoms with Crippen molar-refractivity contribution in [1.82, 2.24) is 21.3 Å². The van der Waals surface area contributed by atoms with Gasteiger partial charge in [-0.25, -0.2) is 9.59 Å². The lowest BCUT2D eigenvalue weighted by atomic mass is 9.88. The zero-order valence-corrected chi connectivity index (χ0v) is 40.2. The van der Waals surface area contributed by atoms with Gasteiger partial charge < -0.3 is 91.8 Å². The van der Waals surface area contributed by atoms with E-state index in [0.717, 1.165) is 14.2 Å². The van der Waals surface area contributed by atoms with Crippen molar-refractivity contribution in [2.24, 2.45) is 11.5 Å². The number of benzene rings is 1. The van der Waals surface area contributed by atoms with Gasteiger partial charge in [0.2, 0.25) is 11.8 Å². The first-order valence-electron chi connectivity index (χ1n) is 21.9. The molecule has 24 nitrogen and oxygen atoms in total. The molecule has 26 heteroatoms. The van der Waals surface area contributed by atoms with Gasteiger partial charge in [0.1, 0.15) is 24.4 Å². The average Bonchev–Trinajstić information content (AvgIpc) is 3.32. The Kier molecular flexibility index (Phi) is 24.8. The summed E-state index contributed by atoms with van der Waals surface area (Å²) in [6, 6.07) is 3.74. The van der Waals surface area contributed by atoms with Crippen molar-refractivity contribution < 1.29 is 87.8 Å². The van der Waals surface area contributed by atoms with Gasteiger partial charge in [-0.05, 0) is 48.6 Å². The quantitative estimate of drug-likeness (QED) is 0.0280. The predicted molar refractivity (Wildman–Crippen MR) is 245 cm³/mol. The minimum Gasteiger partial charge on any atom is -0.465 e. The van der Waals surface area contributed by atoms with E-state index in [2.05, 4.69) is 21.3 Å². The minimum absolute atomic E-state index is 0.0323. The highest BCUT2D eigenvalue weighted by atomic mass is 32.2. The molecule has 0 radical (unpaired) electrons. The minimum atomic E-state index is -2.14. The van der Waals surface area contributed by atoms with Crippen molar-refractivity contribution in [3.63, 3.8) is 0 Å². The zero-order chi connectivity index (χ0) is 50.6. The van der Waals surface area contributed by atoms with E-state index in [1.54, 1.807) is 0 Å². The third-order valence-electron chi connectivity index (χ3n) is 10.8. The number of methoxy groups -OCH3 is 2. The van der Waals surface area contributed by atoms with Crippen molar-refractivity contribution in [3.05, 3.63) is 35.4 Å². The Morgan fingerprint density at radius 1 is 0.662 bits per heavy atom. The lowest BCUT2D eigenvalue weighted by molar-refractivity contribution is -0.311. The summed E-state index contributed by atoms with van der Waals surface area (Å²) in [5.74, 6) is -5.90. The highest BCUT2D eigenvalue weighted by Crippen LogP contribution is 2.36. The molecule has 0 spiro atoms. The number of carbonyl (C=O) groups excluding carboxylic acids is 6. The fraction of sp³-hybridized carbons (Fsp3) is 0.714. The lowest BCUT2D eigenvalue weighted by Gasteiger charge is -2.47. The maximum Gasteiger partial charge on any atom is 0.366 e.